The highest BCUT2D eigenvalue weighted by atomic mass is 19.1. The highest BCUT2D eigenvalue weighted by molar-refractivity contribution is 5.52. The molecule has 2 rings (SSSR count). The van der Waals surface area contributed by atoms with Crippen LogP contribution in [-0.2, 0) is 6.54 Å². The zero-order valence-corrected chi connectivity index (χ0v) is 12.5. The minimum Gasteiger partial charge on any atom is -0.395 e. The molecule has 0 radical (unpaired) electrons. The van der Waals surface area contributed by atoms with Crippen molar-refractivity contribution in [1.82, 2.24) is 5.32 Å². The molecule has 1 aliphatic rings. The van der Waals surface area contributed by atoms with Crippen molar-refractivity contribution in [2.45, 2.75) is 45.2 Å². The molecule has 0 atom stereocenters. The van der Waals surface area contributed by atoms with Crippen molar-refractivity contribution in [1.29, 1.82) is 0 Å². The third-order valence-corrected chi connectivity index (χ3v) is 4.05. The first-order valence-corrected chi connectivity index (χ1v) is 7.73. The first-order chi connectivity index (χ1) is 10.2. The molecule has 1 fully saturated rings. The molecule has 3 nitrogen and oxygen atoms in total. The number of rotatable bonds is 7. The number of anilines is 1. The van der Waals surface area contributed by atoms with Crippen LogP contribution in [-0.4, -0.2) is 30.8 Å². The van der Waals surface area contributed by atoms with Gasteiger partial charge in [0, 0.05) is 19.1 Å². The largest absolute Gasteiger partial charge is 0.395 e. The summed E-state index contributed by atoms with van der Waals surface area (Å²) in [6.07, 6.45) is 4.01. The van der Waals surface area contributed by atoms with Crippen molar-refractivity contribution in [3.63, 3.8) is 0 Å². The van der Waals surface area contributed by atoms with Crippen molar-refractivity contribution in [3.05, 3.63) is 29.3 Å². The van der Waals surface area contributed by atoms with Gasteiger partial charge in [0.05, 0.1) is 6.61 Å². The van der Waals surface area contributed by atoms with Crippen LogP contribution >= 0.6 is 0 Å². The molecule has 0 heterocycles. The molecule has 0 aliphatic heterocycles. The van der Waals surface area contributed by atoms with E-state index in [4.69, 9.17) is 0 Å². The SMILES string of the molecule is CCNCc1cc(F)c(N(CCO)C2CCCC2)c(F)c1. The number of benzene rings is 1. The first kappa shape index (κ1) is 16.2. The normalized spacial score (nSPS) is 15.6. The van der Waals surface area contributed by atoms with Gasteiger partial charge in [-0.1, -0.05) is 19.8 Å². The number of aliphatic hydroxyl groups excluding tert-OH is 1. The van der Waals surface area contributed by atoms with Crippen LogP contribution in [0.2, 0.25) is 0 Å². The molecule has 1 aromatic carbocycles. The van der Waals surface area contributed by atoms with Crippen LogP contribution in [0.1, 0.15) is 38.2 Å². The van der Waals surface area contributed by atoms with Gasteiger partial charge in [0.25, 0.3) is 0 Å². The van der Waals surface area contributed by atoms with E-state index in [9.17, 15) is 13.9 Å². The molecule has 0 saturated heterocycles. The zero-order valence-electron chi connectivity index (χ0n) is 12.5. The van der Waals surface area contributed by atoms with E-state index in [-0.39, 0.29) is 24.9 Å². The summed E-state index contributed by atoms with van der Waals surface area (Å²) < 4.78 is 28.7. The molecule has 0 spiro atoms. The smallest absolute Gasteiger partial charge is 0.149 e. The number of hydrogen-bond donors (Lipinski definition) is 2. The summed E-state index contributed by atoms with van der Waals surface area (Å²) in [5.74, 6) is -1.08. The predicted molar refractivity (Wildman–Crippen MR) is 80.4 cm³/mol. The van der Waals surface area contributed by atoms with E-state index in [1.807, 2.05) is 6.92 Å². The molecule has 0 aromatic heterocycles. The van der Waals surface area contributed by atoms with Gasteiger partial charge < -0.3 is 15.3 Å². The third-order valence-electron chi connectivity index (χ3n) is 4.05. The average Bonchev–Trinajstić information content (AvgIpc) is 2.97. The Balaban J connectivity index is 2.26. The summed E-state index contributed by atoms with van der Waals surface area (Å²) in [5.41, 5.74) is 0.613. The molecular formula is C16H24F2N2O. The fraction of sp³-hybridized carbons (Fsp3) is 0.625. The Labute approximate surface area is 125 Å². The molecule has 1 saturated carbocycles. The van der Waals surface area contributed by atoms with Gasteiger partial charge in [-0.05, 0) is 37.1 Å². The van der Waals surface area contributed by atoms with Crippen molar-refractivity contribution >= 4 is 5.69 Å². The highest BCUT2D eigenvalue weighted by Crippen LogP contribution is 2.32. The maximum Gasteiger partial charge on any atom is 0.149 e. The lowest BCUT2D eigenvalue weighted by atomic mass is 10.1. The molecule has 5 heteroatoms. The monoisotopic (exact) mass is 298 g/mol. The first-order valence-electron chi connectivity index (χ1n) is 7.73. The van der Waals surface area contributed by atoms with Crippen LogP contribution < -0.4 is 10.2 Å². The minimum atomic E-state index is -0.539. The second kappa shape index (κ2) is 7.71. The van der Waals surface area contributed by atoms with Gasteiger partial charge in [0.15, 0.2) is 0 Å². The van der Waals surface area contributed by atoms with Crippen LogP contribution in [0.3, 0.4) is 0 Å². The van der Waals surface area contributed by atoms with Gasteiger partial charge in [0.2, 0.25) is 0 Å². The Bertz CT molecular complexity index is 439. The van der Waals surface area contributed by atoms with Gasteiger partial charge >= 0.3 is 0 Å². The molecule has 21 heavy (non-hydrogen) atoms. The molecular weight excluding hydrogens is 274 g/mol. The van der Waals surface area contributed by atoms with E-state index < -0.39 is 11.6 Å². The van der Waals surface area contributed by atoms with Crippen LogP contribution in [0.25, 0.3) is 0 Å². The van der Waals surface area contributed by atoms with E-state index in [1.54, 1.807) is 4.90 Å². The Kier molecular flexibility index (Phi) is 5.94. The van der Waals surface area contributed by atoms with E-state index in [0.29, 0.717) is 12.1 Å². The lowest BCUT2D eigenvalue weighted by Crippen LogP contribution is -2.37. The molecule has 0 bridgehead atoms. The molecule has 0 amide bonds. The number of halogens is 2. The van der Waals surface area contributed by atoms with Gasteiger partial charge in [-0.25, -0.2) is 8.78 Å². The fourth-order valence-electron chi connectivity index (χ4n) is 3.06. The Morgan fingerprint density at radius 2 is 1.86 bits per heavy atom. The molecule has 1 aliphatic carbocycles. The second-order valence-corrected chi connectivity index (χ2v) is 5.54. The Hall–Kier alpha value is -1.20. The number of hydrogen-bond acceptors (Lipinski definition) is 3. The van der Waals surface area contributed by atoms with E-state index in [0.717, 1.165) is 32.2 Å². The summed E-state index contributed by atoms with van der Waals surface area (Å²) >= 11 is 0. The van der Waals surface area contributed by atoms with Crippen molar-refractivity contribution in [2.75, 3.05) is 24.6 Å². The number of aliphatic hydroxyl groups is 1. The van der Waals surface area contributed by atoms with Crippen molar-refractivity contribution in [3.8, 4) is 0 Å². The average molecular weight is 298 g/mol. The van der Waals surface area contributed by atoms with E-state index >= 15 is 0 Å². The van der Waals surface area contributed by atoms with E-state index in [1.165, 1.54) is 12.1 Å². The maximum atomic E-state index is 14.4. The van der Waals surface area contributed by atoms with Crippen LogP contribution in [0, 0.1) is 11.6 Å². The highest BCUT2D eigenvalue weighted by Gasteiger charge is 2.27. The molecule has 0 unspecified atom stereocenters. The van der Waals surface area contributed by atoms with Gasteiger partial charge in [-0.15, -0.1) is 0 Å². The fourth-order valence-corrected chi connectivity index (χ4v) is 3.06. The molecule has 118 valence electrons. The summed E-state index contributed by atoms with van der Waals surface area (Å²) in [6.45, 7) is 3.32. The van der Waals surface area contributed by atoms with Gasteiger partial charge in [0.1, 0.15) is 17.3 Å². The van der Waals surface area contributed by atoms with Crippen LogP contribution in [0.5, 0.6) is 0 Å². The van der Waals surface area contributed by atoms with Crippen LogP contribution in [0.15, 0.2) is 12.1 Å². The standard InChI is InChI=1S/C16H24F2N2O/c1-2-19-11-12-9-14(17)16(15(18)10-12)20(7-8-21)13-5-3-4-6-13/h9-10,13,19,21H,2-8,11H2,1H3. The molecule has 1 aromatic rings. The summed E-state index contributed by atoms with van der Waals surface area (Å²) in [4.78, 5) is 1.70. The molecule has 2 N–H and O–H groups in total. The minimum absolute atomic E-state index is 0.0104. The van der Waals surface area contributed by atoms with Crippen molar-refractivity contribution in [2.24, 2.45) is 0 Å². The second-order valence-electron chi connectivity index (χ2n) is 5.54. The summed E-state index contributed by atoms with van der Waals surface area (Å²) in [5, 5.41) is 12.3. The van der Waals surface area contributed by atoms with Gasteiger partial charge in [-0.3, -0.25) is 0 Å². The Morgan fingerprint density at radius 1 is 1.24 bits per heavy atom. The summed E-state index contributed by atoms with van der Waals surface area (Å²) in [6, 6.07) is 2.90. The van der Waals surface area contributed by atoms with Crippen molar-refractivity contribution < 1.29 is 13.9 Å². The zero-order chi connectivity index (χ0) is 15.2. The lowest BCUT2D eigenvalue weighted by Gasteiger charge is -2.31. The predicted octanol–water partition coefficient (Wildman–Crippen LogP) is 2.82. The van der Waals surface area contributed by atoms with Crippen LogP contribution in [0.4, 0.5) is 14.5 Å². The summed E-state index contributed by atoms with van der Waals surface area (Å²) in [7, 11) is 0. The lowest BCUT2D eigenvalue weighted by molar-refractivity contribution is 0.296. The number of nitrogens with zero attached hydrogens (tertiary/aromatic N) is 1. The van der Waals surface area contributed by atoms with E-state index in [2.05, 4.69) is 5.32 Å². The third kappa shape index (κ3) is 3.92. The quantitative estimate of drug-likeness (QED) is 0.812. The number of nitrogens with one attached hydrogen (secondary N) is 1. The maximum absolute atomic E-state index is 14.4. The Morgan fingerprint density at radius 3 is 2.38 bits per heavy atom. The van der Waals surface area contributed by atoms with Gasteiger partial charge in [-0.2, -0.15) is 0 Å². The topological polar surface area (TPSA) is 35.5 Å².